The van der Waals surface area contributed by atoms with Gasteiger partial charge in [0.1, 0.15) is 6.23 Å². The normalized spacial score (nSPS) is 26.0. The minimum absolute atomic E-state index is 0.0970. The minimum Gasteiger partial charge on any atom is -0.357 e. The molecule has 5 heteroatoms. The average Bonchev–Trinajstić information content (AvgIpc) is 3.43. The zero-order chi connectivity index (χ0) is 18.2. The Kier molecular flexibility index (Phi) is 4.50. The Hall–Kier alpha value is -2.11. The van der Waals surface area contributed by atoms with Gasteiger partial charge in [-0.3, -0.25) is 0 Å². The van der Waals surface area contributed by atoms with Crippen LogP contribution in [-0.2, 0) is 11.3 Å². The summed E-state index contributed by atoms with van der Waals surface area (Å²) in [5.41, 5.74) is 3.70. The summed E-state index contributed by atoms with van der Waals surface area (Å²) < 4.78 is 10.2. The van der Waals surface area contributed by atoms with Gasteiger partial charge in [0, 0.05) is 48.1 Å². The fourth-order valence-corrected chi connectivity index (χ4v) is 4.57. The highest BCUT2D eigenvalue weighted by atomic mass is 16.5. The van der Waals surface area contributed by atoms with Gasteiger partial charge in [0.25, 0.3) is 0 Å². The van der Waals surface area contributed by atoms with Gasteiger partial charge in [-0.05, 0) is 68.8 Å². The molecule has 0 spiro atoms. The number of hydrogen-bond donors (Lipinski definition) is 1. The maximum absolute atomic E-state index is 5.85. The molecule has 142 valence electrons. The van der Waals surface area contributed by atoms with E-state index in [1.807, 2.05) is 10.9 Å². The average molecular weight is 364 g/mol. The van der Waals surface area contributed by atoms with Crippen molar-refractivity contribution in [2.45, 2.75) is 51.4 Å². The Labute approximate surface area is 160 Å². The lowest BCUT2D eigenvalue weighted by atomic mass is 10.1. The Morgan fingerprint density at radius 2 is 2.19 bits per heavy atom. The van der Waals surface area contributed by atoms with Crippen LogP contribution >= 0.6 is 0 Å². The molecule has 27 heavy (non-hydrogen) atoms. The van der Waals surface area contributed by atoms with Crippen molar-refractivity contribution < 1.29 is 4.74 Å². The Bertz CT molecular complexity index is 921. The van der Waals surface area contributed by atoms with E-state index >= 15 is 0 Å². The van der Waals surface area contributed by atoms with Crippen molar-refractivity contribution in [3.8, 4) is 11.1 Å². The van der Waals surface area contributed by atoms with Crippen molar-refractivity contribution in [2.75, 3.05) is 13.2 Å². The predicted molar refractivity (Wildman–Crippen MR) is 108 cm³/mol. The number of fused-ring (bicyclic) bond motifs is 1. The van der Waals surface area contributed by atoms with Crippen LogP contribution in [-0.4, -0.2) is 33.5 Å². The molecule has 1 N–H and O–H groups in total. The van der Waals surface area contributed by atoms with Crippen LogP contribution in [0.4, 0.5) is 0 Å². The second-order valence-corrected chi connectivity index (χ2v) is 8.18. The van der Waals surface area contributed by atoms with Gasteiger partial charge >= 0.3 is 0 Å². The van der Waals surface area contributed by atoms with Crippen molar-refractivity contribution in [1.29, 1.82) is 0 Å². The van der Waals surface area contributed by atoms with E-state index in [0.29, 0.717) is 6.04 Å². The van der Waals surface area contributed by atoms with E-state index in [2.05, 4.69) is 58.6 Å². The molecule has 3 aromatic rings. The van der Waals surface area contributed by atoms with E-state index in [9.17, 15) is 0 Å². The monoisotopic (exact) mass is 364 g/mol. The zero-order valence-electron chi connectivity index (χ0n) is 16.0. The summed E-state index contributed by atoms with van der Waals surface area (Å²) in [7, 11) is 0. The molecule has 2 saturated heterocycles. The van der Waals surface area contributed by atoms with Gasteiger partial charge in [-0.25, -0.2) is 4.68 Å². The summed E-state index contributed by atoms with van der Waals surface area (Å²) >= 11 is 0. The molecule has 1 unspecified atom stereocenters. The number of nitrogens with zero attached hydrogens (tertiary/aromatic N) is 3. The first-order valence-electron chi connectivity index (χ1n) is 10.2. The van der Waals surface area contributed by atoms with Crippen LogP contribution in [0.5, 0.6) is 0 Å². The first-order valence-corrected chi connectivity index (χ1v) is 10.2. The molecule has 0 saturated carbocycles. The van der Waals surface area contributed by atoms with Crippen LogP contribution in [0.15, 0.2) is 42.9 Å². The molecule has 0 amide bonds. The number of benzene rings is 1. The molecular formula is C22H28N4O. The molecule has 3 atom stereocenters. The van der Waals surface area contributed by atoms with Crippen LogP contribution < -0.4 is 5.32 Å². The topological polar surface area (TPSA) is 44.0 Å². The van der Waals surface area contributed by atoms with Crippen LogP contribution in [0.3, 0.4) is 0 Å². The standard InChI is InChI=1S/C22H28N4O/c1-16-10-17(12-23-16)14-25-8-7-19-11-18(5-6-21(19)25)20-13-24-26(15-20)22-4-2-3-9-27-22/h5-8,11,13,15-17,22-23H,2-4,9-10,12,14H2,1H3/t16-,17+,22?/m0/s1. The summed E-state index contributed by atoms with van der Waals surface area (Å²) in [6.07, 6.45) is 11.1. The molecule has 2 aliphatic heterocycles. The van der Waals surface area contributed by atoms with Gasteiger partial charge in [0.15, 0.2) is 0 Å². The van der Waals surface area contributed by atoms with Gasteiger partial charge in [-0.2, -0.15) is 5.10 Å². The van der Waals surface area contributed by atoms with Crippen LogP contribution in [0.1, 0.15) is 38.8 Å². The smallest absolute Gasteiger partial charge is 0.150 e. The first kappa shape index (κ1) is 17.0. The first-order chi connectivity index (χ1) is 13.3. The lowest BCUT2D eigenvalue weighted by molar-refractivity contribution is -0.0394. The molecule has 2 aromatic heterocycles. The van der Waals surface area contributed by atoms with Gasteiger partial charge in [0.2, 0.25) is 0 Å². The van der Waals surface area contributed by atoms with E-state index in [1.165, 1.54) is 29.3 Å². The van der Waals surface area contributed by atoms with Crippen molar-refractivity contribution in [3.05, 3.63) is 42.9 Å². The third kappa shape index (κ3) is 3.42. The summed E-state index contributed by atoms with van der Waals surface area (Å²) in [6, 6.07) is 9.64. The third-order valence-corrected chi connectivity index (χ3v) is 6.05. The maximum Gasteiger partial charge on any atom is 0.150 e. The van der Waals surface area contributed by atoms with E-state index < -0.39 is 0 Å². The fourth-order valence-electron chi connectivity index (χ4n) is 4.57. The second-order valence-electron chi connectivity index (χ2n) is 8.18. The SMILES string of the molecule is C[C@H]1C[C@@H](Cn2ccc3cc(-c4cnn(C5CCCCO5)c4)ccc32)CN1. The predicted octanol–water partition coefficient (Wildman–Crippen LogP) is 4.20. The van der Waals surface area contributed by atoms with Gasteiger partial charge in [0.05, 0.1) is 6.20 Å². The summed E-state index contributed by atoms with van der Waals surface area (Å²) in [5.74, 6) is 0.726. The molecule has 0 aliphatic carbocycles. The lowest BCUT2D eigenvalue weighted by Gasteiger charge is -2.22. The van der Waals surface area contributed by atoms with Crippen LogP contribution in [0, 0.1) is 5.92 Å². The number of hydrogen-bond acceptors (Lipinski definition) is 3. The molecule has 5 rings (SSSR count). The van der Waals surface area contributed by atoms with Crippen molar-refractivity contribution in [1.82, 2.24) is 19.7 Å². The Balaban J connectivity index is 1.36. The highest BCUT2D eigenvalue weighted by Crippen LogP contribution is 2.28. The third-order valence-electron chi connectivity index (χ3n) is 6.05. The van der Waals surface area contributed by atoms with Gasteiger partial charge < -0.3 is 14.6 Å². The molecule has 0 bridgehead atoms. The largest absolute Gasteiger partial charge is 0.357 e. The molecule has 1 aromatic carbocycles. The van der Waals surface area contributed by atoms with Crippen LogP contribution in [0.25, 0.3) is 22.0 Å². The number of aromatic nitrogens is 3. The zero-order valence-corrected chi connectivity index (χ0v) is 16.0. The quantitative estimate of drug-likeness (QED) is 0.754. The van der Waals surface area contributed by atoms with Gasteiger partial charge in [-0.15, -0.1) is 0 Å². The minimum atomic E-state index is 0.0970. The molecular weight excluding hydrogens is 336 g/mol. The Morgan fingerprint density at radius 1 is 1.22 bits per heavy atom. The summed E-state index contributed by atoms with van der Waals surface area (Å²) in [5, 5.41) is 9.41. The number of ether oxygens (including phenoxy) is 1. The van der Waals surface area contributed by atoms with E-state index in [-0.39, 0.29) is 6.23 Å². The highest BCUT2D eigenvalue weighted by Gasteiger charge is 2.21. The van der Waals surface area contributed by atoms with E-state index in [0.717, 1.165) is 44.0 Å². The number of rotatable bonds is 4. The van der Waals surface area contributed by atoms with E-state index in [1.54, 1.807) is 0 Å². The van der Waals surface area contributed by atoms with E-state index in [4.69, 9.17) is 4.74 Å². The lowest BCUT2D eigenvalue weighted by Crippen LogP contribution is -2.18. The molecule has 2 aliphatic rings. The Morgan fingerprint density at radius 3 is 3.00 bits per heavy atom. The summed E-state index contributed by atoms with van der Waals surface area (Å²) in [4.78, 5) is 0. The molecule has 5 nitrogen and oxygen atoms in total. The highest BCUT2D eigenvalue weighted by molar-refractivity contribution is 5.85. The maximum atomic E-state index is 5.85. The molecule has 0 radical (unpaired) electrons. The number of nitrogens with one attached hydrogen (secondary N) is 1. The van der Waals surface area contributed by atoms with Crippen molar-refractivity contribution in [2.24, 2.45) is 5.92 Å². The summed E-state index contributed by atoms with van der Waals surface area (Å²) in [6.45, 7) is 5.34. The van der Waals surface area contributed by atoms with Crippen LogP contribution in [0.2, 0.25) is 0 Å². The van der Waals surface area contributed by atoms with Gasteiger partial charge in [-0.1, -0.05) is 6.07 Å². The van der Waals surface area contributed by atoms with Crippen molar-refractivity contribution >= 4 is 10.9 Å². The molecule has 4 heterocycles. The second kappa shape index (κ2) is 7.13. The molecule has 2 fully saturated rings. The fraction of sp³-hybridized carbons (Fsp3) is 0.500. The van der Waals surface area contributed by atoms with Crippen molar-refractivity contribution in [3.63, 3.8) is 0 Å².